The highest BCUT2D eigenvalue weighted by molar-refractivity contribution is 9.11. The Morgan fingerprint density at radius 2 is 2.19 bits per heavy atom. The molecule has 7 heteroatoms. The second-order valence-electron chi connectivity index (χ2n) is 3.49. The lowest BCUT2D eigenvalue weighted by atomic mass is 10.1. The molecule has 0 radical (unpaired) electrons. The van der Waals surface area contributed by atoms with Crippen LogP contribution in [-0.2, 0) is 10.0 Å². The van der Waals surface area contributed by atoms with E-state index >= 15 is 0 Å². The van der Waals surface area contributed by atoms with Crippen molar-refractivity contribution < 1.29 is 8.42 Å². The summed E-state index contributed by atoms with van der Waals surface area (Å²) in [6.45, 7) is 2.50. The van der Waals surface area contributed by atoms with Crippen LogP contribution in [0.4, 0.5) is 0 Å². The molecule has 1 rings (SSSR count). The largest absolute Gasteiger partial charge is 0.250 e. The van der Waals surface area contributed by atoms with E-state index in [2.05, 4.69) is 36.6 Å². The van der Waals surface area contributed by atoms with Gasteiger partial charge >= 0.3 is 0 Å². The molecule has 0 aliphatic rings. The van der Waals surface area contributed by atoms with Crippen molar-refractivity contribution in [1.29, 1.82) is 0 Å². The monoisotopic (exact) mass is 389 g/mol. The van der Waals surface area contributed by atoms with E-state index in [4.69, 9.17) is 0 Å². The van der Waals surface area contributed by atoms with Crippen molar-refractivity contribution in [3.05, 3.63) is 15.9 Å². The fourth-order valence-electron chi connectivity index (χ4n) is 1.05. The number of hydrogen-bond acceptors (Lipinski definition) is 3. The number of nitrogens with one attached hydrogen (secondary N) is 1. The molecular weight excluding hydrogens is 378 g/mol. The Morgan fingerprint density at radius 1 is 1.50 bits per heavy atom. The summed E-state index contributed by atoms with van der Waals surface area (Å²) >= 11 is 7.80. The van der Waals surface area contributed by atoms with E-state index in [-0.39, 0.29) is 0 Å². The first-order chi connectivity index (χ1) is 7.45. The fourth-order valence-corrected chi connectivity index (χ4v) is 5.05. The first-order valence-electron chi connectivity index (χ1n) is 4.76. The number of halogens is 2. The molecule has 3 nitrogen and oxygen atoms in total. The predicted octanol–water partition coefficient (Wildman–Crippen LogP) is 3.21. The molecule has 0 spiro atoms. The average molecular weight is 391 g/mol. The molecule has 0 amide bonds. The van der Waals surface area contributed by atoms with Crippen LogP contribution in [0.15, 0.2) is 20.1 Å². The van der Waals surface area contributed by atoms with E-state index in [0.717, 1.165) is 15.5 Å². The molecule has 0 fully saturated rings. The molecule has 1 aromatic rings. The molecule has 1 heterocycles. The molecule has 0 aromatic carbocycles. The molecule has 1 N–H and O–H groups in total. The van der Waals surface area contributed by atoms with Gasteiger partial charge in [0.15, 0.2) is 0 Å². The third-order valence-electron chi connectivity index (χ3n) is 2.04. The van der Waals surface area contributed by atoms with Crippen molar-refractivity contribution in [2.45, 2.75) is 17.6 Å². The molecule has 1 unspecified atom stereocenters. The number of sulfonamides is 1. The molecule has 92 valence electrons. The minimum atomic E-state index is -3.33. The maximum Gasteiger partial charge on any atom is 0.250 e. The van der Waals surface area contributed by atoms with Crippen molar-refractivity contribution in [2.24, 2.45) is 5.92 Å². The van der Waals surface area contributed by atoms with Gasteiger partial charge in [-0.2, -0.15) is 0 Å². The van der Waals surface area contributed by atoms with E-state index in [1.54, 1.807) is 12.1 Å². The molecule has 0 saturated heterocycles. The highest BCUT2D eigenvalue weighted by Crippen LogP contribution is 2.25. The third-order valence-corrected chi connectivity index (χ3v) is 6.03. The van der Waals surface area contributed by atoms with Gasteiger partial charge in [-0.15, -0.1) is 11.3 Å². The van der Waals surface area contributed by atoms with E-state index in [9.17, 15) is 8.42 Å². The van der Waals surface area contributed by atoms with E-state index < -0.39 is 10.0 Å². The van der Waals surface area contributed by atoms with Crippen LogP contribution in [0.3, 0.4) is 0 Å². The predicted molar refractivity (Wildman–Crippen MR) is 74.8 cm³/mol. The smallest absolute Gasteiger partial charge is 0.210 e. The zero-order valence-corrected chi connectivity index (χ0v) is 13.5. The van der Waals surface area contributed by atoms with Crippen LogP contribution in [0.2, 0.25) is 0 Å². The minimum Gasteiger partial charge on any atom is -0.210 e. The molecule has 0 saturated carbocycles. The normalized spacial score (nSPS) is 13.9. The maximum atomic E-state index is 11.8. The van der Waals surface area contributed by atoms with E-state index in [0.29, 0.717) is 16.7 Å². The molecule has 1 aromatic heterocycles. The summed E-state index contributed by atoms with van der Waals surface area (Å²) in [5.41, 5.74) is 0. The summed E-state index contributed by atoms with van der Waals surface area (Å²) in [6.07, 6.45) is 0.955. The van der Waals surface area contributed by atoms with Gasteiger partial charge in [-0.1, -0.05) is 22.9 Å². The zero-order chi connectivity index (χ0) is 12.2. The lowest BCUT2D eigenvalue weighted by molar-refractivity contribution is 0.533. The Kier molecular flexibility index (Phi) is 5.93. The van der Waals surface area contributed by atoms with Gasteiger partial charge in [0.05, 0.1) is 3.79 Å². The van der Waals surface area contributed by atoms with E-state index in [1.165, 1.54) is 11.3 Å². The lowest BCUT2D eigenvalue weighted by Crippen LogP contribution is -2.28. The van der Waals surface area contributed by atoms with Crippen LogP contribution in [-0.4, -0.2) is 20.3 Å². The van der Waals surface area contributed by atoms with Crippen molar-refractivity contribution in [3.63, 3.8) is 0 Å². The first-order valence-corrected chi connectivity index (χ1v) is 8.98. The Morgan fingerprint density at radius 3 is 2.69 bits per heavy atom. The summed E-state index contributed by atoms with van der Waals surface area (Å²) < 4.78 is 27.4. The first kappa shape index (κ1) is 14.6. The highest BCUT2D eigenvalue weighted by Gasteiger charge is 2.16. The second-order valence-corrected chi connectivity index (χ2v) is 8.74. The van der Waals surface area contributed by atoms with Crippen LogP contribution < -0.4 is 4.72 Å². The van der Waals surface area contributed by atoms with Crippen molar-refractivity contribution in [3.8, 4) is 0 Å². The van der Waals surface area contributed by atoms with Gasteiger partial charge in [-0.05, 0) is 40.4 Å². The number of thiophene rings is 1. The van der Waals surface area contributed by atoms with Gasteiger partial charge in [0, 0.05) is 11.9 Å². The SMILES string of the molecule is CC(CCBr)CNS(=O)(=O)c1ccc(Br)s1. The molecule has 16 heavy (non-hydrogen) atoms. The number of alkyl halides is 1. The standard InChI is InChI=1S/C9H13Br2NO2S2/c1-7(4-5-10)6-12-16(13,14)9-3-2-8(11)15-9/h2-3,7,12H,4-6H2,1H3. The highest BCUT2D eigenvalue weighted by atomic mass is 79.9. The van der Waals surface area contributed by atoms with Crippen LogP contribution in [0.1, 0.15) is 13.3 Å². The van der Waals surface area contributed by atoms with Gasteiger partial charge < -0.3 is 0 Å². The number of rotatable bonds is 6. The Balaban J connectivity index is 2.59. The maximum absolute atomic E-state index is 11.8. The van der Waals surface area contributed by atoms with Gasteiger partial charge in [-0.25, -0.2) is 13.1 Å². The molecule has 1 atom stereocenters. The van der Waals surface area contributed by atoms with E-state index in [1.807, 2.05) is 6.92 Å². The third kappa shape index (κ3) is 4.44. The van der Waals surface area contributed by atoms with Crippen molar-refractivity contribution in [1.82, 2.24) is 4.72 Å². The summed E-state index contributed by atoms with van der Waals surface area (Å²) in [7, 11) is -3.33. The second kappa shape index (κ2) is 6.49. The van der Waals surface area contributed by atoms with Crippen LogP contribution in [0, 0.1) is 5.92 Å². The summed E-state index contributed by atoms with van der Waals surface area (Å²) in [6, 6.07) is 3.34. The quantitative estimate of drug-likeness (QED) is 0.758. The topological polar surface area (TPSA) is 46.2 Å². The summed E-state index contributed by atoms with van der Waals surface area (Å²) in [4.78, 5) is 0. The van der Waals surface area contributed by atoms with Crippen molar-refractivity contribution in [2.75, 3.05) is 11.9 Å². The van der Waals surface area contributed by atoms with Crippen LogP contribution >= 0.6 is 43.2 Å². The molecular formula is C9H13Br2NO2S2. The number of hydrogen-bond donors (Lipinski definition) is 1. The van der Waals surface area contributed by atoms with Gasteiger partial charge in [-0.3, -0.25) is 0 Å². The average Bonchev–Trinajstić information content (AvgIpc) is 2.63. The minimum absolute atomic E-state index is 0.331. The lowest BCUT2D eigenvalue weighted by Gasteiger charge is -2.10. The Hall–Kier alpha value is 0.570. The Labute approximate surface area is 117 Å². The molecule has 0 aliphatic heterocycles. The summed E-state index contributed by atoms with van der Waals surface area (Å²) in [5, 5.41) is 0.889. The summed E-state index contributed by atoms with van der Waals surface area (Å²) in [5.74, 6) is 0.331. The van der Waals surface area contributed by atoms with Crippen molar-refractivity contribution >= 4 is 53.2 Å². The fraction of sp³-hybridized carbons (Fsp3) is 0.556. The molecule has 0 aliphatic carbocycles. The van der Waals surface area contributed by atoms with Gasteiger partial charge in [0.2, 0.25) is 10.0 Å². The molecule has 0 bridgehead atoms. The van der Waals surface area contributed by atoms with Gasteiger partial charge in [0.1, 0.15) is 4.21 Å². The van der Waals surface area contributed by atoms with Gasteiger partial charge in [0.25, 0.3) is 0 Å². The zero-order valence-electron chi connectivity index (χ0n) is 8.74. The van der Waals surface area contributed by atoms with Crippen LogP contribution in [0.5, 0.6) is 0 Å². The Bertz CT molecular complexity index is 430. The van der Waals surface area contributed by atoms with Crippen LogP contribution in [0.25, 0.3) is 0 Å².